The van der Waals surface area contributed by atoms with Crippen molar-refractivity contribution < 1.29 is 6.53 Å². The Hall–Kier alpha value is -0.120. The van der Waals surface area contributed by atoms with Crippen LogP contribution in [0.5, 0.6) is 0 Å². The van der Waals surface area contributed by atoms with Gasteiger partial charge in [-0.05, 0) is 32.2 Å². The lowest BCUT2D eigenvalue weighted by Crippen LogP contribution is -2.39. The van der Waals surface area contributed by atoms with Gasteiger partial charge in [0.15, 0.2) is 0 Å². The Balaban J connectivity index is 0. The van der Waals surface area contributed by atoms with Gasteiger partial charge in [-0.3, -0.25) is 0 Å². The lowest BCUT2D eigenvalue weighted by atomic mass is 9.93. The molecule has 118 valence electrons. The van der Waals surface area contributed by atoms with Crippen LogP contribution in [0.2, 0.25) is 0 Å². The van der Waals surface area contributed by atoms with E-state index >= 15 is 0 Å². The minimum atomic E-state index is -0.0206. The van der Waals surface area contributed by atoms with Crippen LogP contribution >= 0.6 is 0 Å². The van der Waals surface area contributed by atoms with Gasteiger partial charge in [0.05, 0.1) is 6.10 Å². The van der Waals surface area contributed by atoms with E-state index in [4.69, 9.17) is 5.11 Å². The molecule has 0 atom stereocenters. The number of aliphatic hydroxyl groups excluding tert-OH is 1. The SMILES string of the molecule is CC.CC(C)NC1CCC1.CCN1CCC(O)CC1.[HH]. The third-order valence-corrected chi connectivity index (χ3v) is 3.68. The van der Waals surface area contributed by atoms with E-state index in [0.29, 0.717) is 6.04 Å². The maximum absolute atomic E-state index is 9.10. The molecule has 2 rings (SSSR count). The quantitative estimate of drug-likeness (QED) is 0.829. The number of nitrogens with one attached hydrogen (secondary N) is 1. The Bertz CT molecular complexity index is 191. The van der Waals surface area contributed by atoms with Crippen molar-refractivity contribution in [3.63, 3.8) is 0 Å². The average Bonchev–Trinajstić information content (AvgIpc) is 2.38. The van der Waals surface area contributed by atoms with Crippen molar-refractivity contribution in [3.8, 4) is 0 Å². The Morgan fingerprint density at radius 3 is 1.95 bits per heavy atom. The number of hydrogen-bond donors (Lipinski definition) is 2. The van der Waals surface area contributed by atoms with E-state index in [-0.39, 0.29) is 7.53 Å². The second-order valence-corrected chi connectivity index (χ2v) is 5.61. The molecule has 0 amide bonds. The molecule has 0 aromatic rings. The molecule has 1 aliphatic heterocycles. The van der Waals surface area contributed by atoms with E-state index in [1.54, 1.807) is 0 Å². The fraction of sp³-hybridized carbons (Fsp3) is 1.00. The Kier molecular flexibility index (Phi) is 11.6. The van der Waals surface area contributed by atoms with Gasteiger partial charge in [0.1, 0.15) is 0 Å². The molecule has 0 aromatic heterocycles. The van der Waals surface area contributed by atoms with Crippen molar-refractivity contribution in [2.75, 3.05) is 19.6 Å². The number of piperidine rings is 1. The van der Waals surface area contributed by atoms with E-state index in [9.17, 15) is 0 Å². The molecule has 1 saturated carbocycles. The highest BCUT2D eigenvalue weighted by Gasteiger charge is 2.16. The highest BCUT2D eigenvalue weighted by molar-refractivity contribution is 4.77. The van der Waals surface area contributed by atoms with Crippen LogP contribution in [0.25, 0.3) is 0 Å². The van der Waals surface area contributed by atoms with Gasteiger partial charge in [-0.25, -0.2) is 0 Å². The third kappa shape index (κ3) is 9.42. The molecule has 2 aliphatic rings. The van der Waals surface area contributed by atoms with Crippen molar-refractivity contribution in [2.24, 2.45) is 0 Å². The molecule has 3 nitrogen and oxygen atoms in total. The van der Waals surface area contributed by atoms with E-state index in [1.165, 1.54) is 19.3 Å². The summed E-state index contributed by atoms with van der Waals surface area (Å²) in [6.45, 7) is 13.9. The Morgan fingerprint density at radius 1 is 1.16 bits per heavy atom. The summed E-state index contributed by atoms with van der Waals surface area (Å²) in [5, 5.41) is 12.6. The molecule has 19 heavy (non-hydrogen) atoms. The minimum absolute atomic E-state index is 0. The van der Waals surface area contributed by atoms with Gasteiger partial charge >= 0.3 is 0 Å². The zero-order valence-electron chi connectivity index (χ0n) is 13.8. The van der Waals surface area contributed by atoms with Crippen LogP contribution in [-0.2, 0) is 0 Å². The second kappa shape index (κ2) is 11.7. The van der Waals surface area contributed by atoms with Crippen LogP contribution < -0.4 is 5.32 Å². The molecule has 2 fully saturated rings. The van der Waals surface area contributed by atoms with Gasteiger partial charge < -0.3 is 15.3 Å². The van der Waals surface area contributed by atoms with Crippen LogP contribution in [0.3, 0.4) is 0 Å². The van der Waals surface area contributed by atoms with E-state index < -0.39 is 0 Å². The van der Waals surface area contributed by atoms with E-state index in [1.807, 2.05) is 13.8 Å². The summed E-state index contributed by atoms with van der Waals surface area (Å²) < 4.78 is 0. The molecule has 1 aliphatic carbocycles. The van der Waals surface area contributed by atoms with Gasteiger partial charge in [0, 0.05) is 26.6 Å². The summed E-state index contributed by atoms with van der Waals surface area (Å²) in [6.07, 6.45) is 6.15. The zero-order valence-corrected chi connectivity index (χ0v) is 13.8. The third-order valence-electron chi connectivity index (χ3n) is 3.68. The van der Waals surface area contributed by atoms with E-state index in [2.05, 4.69) is 31.0 Å². The maximum atomic E-state index is 9.10. The van der Waals surface area contributed by atoms with E-state index in [0.717, 1.165) is 38.5 Å². The average molecular weight is 274 g/mol. The van der Waals surface area contributed by atoms with Crippen LogP contribution in [0.1, 0.15) is 68.1 Å². The molecule has 1 saturated heterocycles. The van der Waals surface area contributed by atoms with Crippen molar-refractivity contribution in [1.82, 2.24) is 10.2 Å². The molecule has 1 heterocycles. The van der Waals surface area contributed by atoms with Crippen molar-refractivity contribution in [3.05, 3.63) is 0 Å². The standard InChI is InChI=1S/C7H15NO.C7H15N.C2H6.H2/c1-2-8-5-3-7(9)4-6-8;1-6(2)8-7-4-3-5-7;1-2;/h7,9H,2-6H2,1H3;6-8H,3-5H2,1-2H3;1-2H3;1H. The first-order valence-electron chi connectivity index (χ1n) is 8.28. The molecule has 0 spiro atoms. The molecule has 0 unspecified atom stereocenters. The highest BCUT2D eigenvalue weighted by Crippen LogP contribution is 2.18. The summed E-state index contributed by atoms with van der Waals surface area (Å²) in [4.78, 5) is 2.37. The van der Waals surface area contributed by atoms with Crippen molar-refractivity contribution in [1.29, 1.82) is 0 Å². The van der Waals surface area contributed by atoms with Gasteiger partial charge in [-0.15, -0.1) is 0 Å². The maximum Gasteiger partial charge on any atom is 0.0564 e. The monoisotopic (exact) mass is 274 g/mol. The number of likely N-dealkylation sites (tertiary alicyclic amines) is 1. The molecule has 0 bridgehead atoms. The molecular formula is C16H38N2O. The zero-order chi connectivity index (χ0) is 14.7. The summed E-state index contributed by atoms with van der Waals surface area (Å²) in [6, 6.07) is 1.54. The van der Waals surface area contributed by atoms with Gasteiger partial charge in [-0.2, -0.15) is 0 Å². The summed E-state index contributed by atoms with van der Waals surface area (Å²) in [5.41, 5.74) is 0. The fourth-order valence-electron chi connectivity index (χ4n) is 2.28. The molecule has 2 N–H and O–H groups in total. The molecule has 3 heteroatoms. The second-order valence-electron chi connectivity index (χ2n) is 5.61. The number of hydrogen-bond acceptors (Lipinski definition) is 3. The topological polar surface area (TPSA) is 35.5 Å². The predicted octanol–water partition coefficient (Wildman–Crippen LogP) is 3.27. The largest absolute Gasteiger partial charge is 0.393 e. The summed E-state index contributed by atoms with van der Waals surface area (Å²) in [7, 11) is 0. The highest BCUT2D eigenvalue weighted by atomic mass is 16.3. The van der Waals surface area contributed by atoms with Gasteiger partial charge in [0.25, 0.3) is 0 Å². The first-order valence-corrected chi connectivity index (χ1v) is 8.28. The lowest BCUT2D eigenvalue weighted by molar-refractivity contribution is 0.0852. The first-order chi connectivity index (χ1) is 9.11. The molecule has 0 radical (unpaired) electrons. The Morgan fingerprint density at radius 2 is 1.68 bits per heavy atom. The van der Waals surface area contributed by atoms with Crippen LogP contribution in [0, 0.1) is 0 Å². The number of aliphatic hydroxyl groups is 1. The fourth-order valence-corrected chi connectivity index (χ4v) is 2.28. The van der Waals surface area contributed by atoms with Crippen molar-refractivity contribution >= 4 is 0 Å². The lowest BCUT2D eigenvalue weighted by Gasteiger charge is -2.28. The van der Waals surface area contributed by atoms with Crippen LogP contribution in [-0.4, -0.2) is 47.8 Å². The smallest absolute Gasteiger partial charge is 0.0564 e. The molecule has 0 aromatic carbocycles. The van der Waals surface area contributed by atoms with Crippen molar-refractivity contribution in [2.45, 2.75) is 84.9 Å². The summed E-state index contributed by atoms with van der Waals surface area (Å²) in [5.74, 6) is 0. The van der Waals surface area contributed by atoms with Gasteiger partial charge in [0.2, 0.25) is 0 Å². The normalized spacial score (nSPS) is 21.0. The Labute approximate surface area is 122 Å². The minimum Gasteiger partial charge on any atom is -0.393 e. The first kappa shape index (κ1) is 18.9. The predicted molar refractivity (Wildman–Crippen MR) is 86.7 cm³/mol. The van der Waals surface area contributed by atoms with Crippen LogP contribution in [0.15, 0.2) is 0 Å². The van der Waals surface area contributed by atoms with Gasteiger partial charge in [-0.1, -0.05) is 41.0 Å². The van der Waals surface area contributed by atoms with Crippen LogP contribution in [0.4, 0.5) is 0 Å². The number of nitrogens with zero attached hydrogens (tertiary/aromatic N) is 1. The summed E-state index contributed by atoms with van der Waals surface area (Å²) >= 11 is 0. The number of rotatable bonds is 3. The molecular weight excluding hydrogens is 236 g/mol.